The van der Waals surface area contributed by atoms with Crippen LogP contribution in [0.4, 0.5) is 5.69 Å². The van der Waals surface area contributed by atoms with E-state index < -0.39 is 11.8 Å². The largest absolute Gasteiger partial charge is 0.507 e. The molecule has 0 bridgehead atoms. The van der Waals surface area contributed by atoms with E-state index in [9.17, 15) is 14.7 Å². The third-order valence-corrected chi connectivity index (χ3v) is 4.16. The first-order valence-electron chi connectivity index (χ1n) is 8.18. The van der Waals surface area contributed by atoms with Crippen molar-refractivity contribution in [1.29, 1.82) is 0 Å². The molecule has 142 valence electrons. The smallest absolute Gasteiger partial charge is 0.329 e. The maximum Gasteiger partial charge on any atom is 0.329 e. The number of benzene rings is 3. The summed E-state index contributed by atoms with van der Waals surface area (Å²) in [6.07, 6.45) is 1.28. The number of carbonyl (C=O) groups is 2. The lowest BCUT2D eigenvalue weighted by atomic mass is 10.0. The zero-order valence-corrected chi connectivity index (χ0v) is 15.5. The summed E-state index contributed by atoms with van der Waals surface area (Å²) in [5.74, 6) is -1.57. The number of amides is 2. The number of rotatable bonds is 4. The number of aromatic hydroxyl groups is 1. The van der Waals surface area contributed by atoms with Gasteiger partial charge in [0.2, 0.25) is 0 Å². The van der Waals surface area contributed by atoms with E-state index in [1.165, 1.54) is 25.5 Å². The molecule has 0 aliphatic heterocycles. The highest BCUT2D eigenvalue weighted by atomic mass is 35.5. The number of carbonyl (C=O) groups excluding carboxylic acids is 2. The van der Waals surface area contributed by atoms with Gasteiger partial charge in [-0.05, 0) is 35.0 Å². The highest BCUT2D eigenvalue weighted by molar-refractivity contribution is 6.40. The fourth-order valence-corrected chi connectivity index (χ4v) is 2.76. The second-order valence-corrected chi connectivity index (χ2v) is 6.15. The Morgan fingerprint density at radius 3 is 2.68 bits per heavy atom. The fraction of sp³-hybridized carbons (Fsp3) is 0.0500. The van der Waals surface area contributed by atoms with Crippen LogP contribution >= 0.6 is 11.6 Å². The Morgan fingerprint density at radius 2 is 1.89 bits per heavy atom. The third kappa shape index (κ3) is 4.21. The van der Waals surface area contributed by atoms with Crippen molar-refractivity contribution < 1.29 is 19.4 Å². The third-order valence-electron chi connectivity index (χ3n) is 3.92. The van der Waals surface area contributed by atoms with E-state index >= 15 is 0 Å². The number of nitrogens with zero attached hydrogens (tertiary/aromatic N) is 1. The van der Waals surface area contributed by atoms with Crippen molar-refractivity contribution in [3.8, 4) is 11.5 Å². The van der Waals surface area contributed by atoms with Crippen LogP contribution in [0, 0.1) is 0 Å². The summed E-state index contributed by atoms with van der Waals surface area (Å²) in [5.41, 5.74) is 2.81. The second-order valence-electron chi connectivity index (χ2n) is 5.72. The minimum atomic E-state index is -0.988. The lowest BCUT2D eigenvalue weighted by Gasteiger charge is -2.09. The SMILES string of the molecule is COc1ccc(Cl)cc1NC(=O)C(=O)N/N=C\c1c(O)ccc2ccccc12. The van der Waals surface area contributed by atoms with Crippen molar-refractivity contribution >= 4 is 46.1 Å². The predicted octanol–water partition coefficient (Wildman–Crippen LogP) is 3.30. The van der Waals surface area contributed by atoms with Gasteiger partial charge in [-0.1, -0.05) is 41.9 Å². The number of ether oxygens (including phenoxy) is 1. The van der Waals surface area contributed by atoms with Gasteiger partial charge in [0.25, 0.3) is 0 Å². The van der Waals surface area contributed by atoms with Gasteiger partial charge < -0.3 is 15.2 Å². The molecule has 2 amide bonds. The van der Waals surface area contributed by atoms with Crippen LogP contribution in [-0.2, 0) is 9.59 Å². The number of methoxy groups -OCH3 is 1. The maximum atomic E-state index is 12.1. The number of halogens is 1. The zero-order chi connectivity index (χ0) is 20.1. The Labute approximate surface area is 165 Å². The van der Waals surface area contributed by atoms with Crippen molar-refractivity contribution in [2.24, 2.45) is 5.10 Å². The van der Waals surface area contributed by atoms with E-state index in [-0.39, 0.29) is 11.4 Å². The van der Waals surface area contributed by atoms with Gasteiger partial charge in [0, 0.05) is 10.6 Å². The number of hydrogen-bond acceptors (Lipinski definition) is 5. The molecule has 0 saturated heterocycles. The fourth-order valence-electron chi connectivity index (χ4n) is 2.58. The monoisotopic (exact) mass is 397 g/mol. The van der Waals surface area contributed by atoms with Crippen molar-refractivity contribution in [3.63, 3.8) is 0 Å². The Balaban J connectivity index is 1.72. The molecule has 0 saturated carbocycles. The first-order chi connectivity index (χ1) is 13.5. The van der Waals surface area contributed by atoms with Crippen LogP contribution in [0.2, 0.25) is 5.02 Å². The highest BCUT2D eigenvalue weighted by Gasteiger charge is 2.16. The molecule has 0 atom stereocenters. The van der Waals surface area contributed by atoms with Crippen molar-refractivity contribution in [3.05, 3.63) is 65.2 Å². The van der Waals surface area contributed by atoms with Gasteiger partial charge in [0.05, 0.1) is 19.0 Å². The van der Waals surface area contributed by atoms with Gasteiger partial charge in [0.15, 0.2) is 0 Å². The minimum Gasteiger partial charge on any atom is -0.507 e. The number of nitrogens with one attached hydrogen (secondary N) is 2. The van der Waals surface area contributed by atoms with Gasteiger partial charge in [-0.2, -0.15) is 5.10 Å². The first kappa shape index (κ1) is 19.2. The summed E-state index contributed by atoms with van der Waals surface area (Å²) in [5, 5.41) is 18.3. The summed E-state index contributed by atoms with van der Waals surface area (Å²) in [7, 11) is 1.43. The minimum absolute atomic E-state index is 0.00446. The second kappa shape index (κ2) is 8.41. The standard InChI is InChI=1S/C20H16ClN3O4/c1-28-18-9-7-13(21)10-16(18)23-19(26)20(27)24-22-11-15-14-5-3-2-4-12(14)6-8-17(15)25/h2-11,25H,1H3,(H,23,26)(H,24,27)/b22-11-. The molecule has 0 heterocycles. The van der Waals surface area contributed by atoms with Crippen LogP contribution in [0.15, 0.2) is 59.7 Å². The molecule has 3 N–H and O–H groups in total. The zero-order valence-electron chi connectivity index (χ0n) is 14.8. The molecule has 0 radical (unpaired) electrons. The molecule has 3 aromatic rings. The van der Waals surface area contributed by atoms with Crippen LogP contribution in [0.5, 0.6) is 11.5 Å². The van der Waals surface area contributed by atoms with Crippen LogP contribution in [0.1, 0.15) is 5.56 Å². The van der Waals surface area contributed by atoms with Gasteiger partial charge in [-0.3, -0.25) is 9.59 Å². The average molecular weight is 398 g/mol. The number of phenols is 1. The van der Waals surface area contributed by atoms with E-state index in [0.29, 0.717) is 16.3 Å². The van der Waals surface area contributed by atoms with E-state index in [4.69, 9.17) is 16.3 Å². The summed E-state index contributed by atoms with van der Waals surface area (Å²) < 4.78 is 5.11. The van der Waals surface area contributed by atoms with E-state index in [1.807, 2.05) is 24.3 Å². The van der Waals surface area contributed by atoms with Crippen LogP contribution in [-0.4, -0.2) is 30.2 Å². The molecule has 7 nitrogen and oxygen atoms in total. The summed E-state index contributed by atoms with van der Waals surface area (Å²) in [4.78, 5) is 24.1. The normalized spacial score (nSPS) is 10.8. The number of anilines is 1. The Bertz CT molecular complexity index is 1080. The molecule has 8 heteroatoms. The topological polar surface area (TPSA) is 100 Å². The number of hydrogen-bond donors (Lipinski definition) is 3. The maximum absolute atomic E-state index is 12.1. The molecule has 28 heavy (non-hydrogen) atoms. The molecule has 3 aromatic carbocycles. The van der Waals surface area contributed by atoms with Crippen molar-refractivity contribution in [1.82, 2.24) is 5.43 Å². The molecule has 0 fully saturated rings. The molecule has 0 aromatic heterocycles. The Morgan fingerprint density at radius 1 is 1.11 bits per heavy atom. The predicted molar refractivity (Wildman–Crippen MR) is 108 cm³/mol. The number of hydrazone groups is 1. The lowest BCUT2D eigenvalue weighted by molar-refractivity contribution is -0.136. The summed E-state index contributed by atoms with van der Waals surface area (Å²) in [6.45, 7) is 0. The molecule has 0 unspecified atom stereocenters. The molecule has 0 spiro atoms. The Hall–Kier alpha value is -3.58. The van der Waals surface area contributed by atoms with Gasteiger partial charge in [0.1, 0.15) is 11.5 Å². The molecular formula is C20H16ClN3O4. The van der Waals surface area contributed by atoms with E-state index in [2.05, 4.69) is 15.8 Å². The first-order valence-corrected chi connectivity index (χ1v) is 8.56. The van der Waals surface area contributed by atoms with Crippen molar-refractivity contribution in [2.75, 3.05) is 12.4 Å². The van der Waals surface area contributed by atoms with Gasteiger partial charge in [-0.15, -0.1) is 0 Å². The lowest BCUT2D eigenvalue weighted by Crippen LogP contribution is -2.32. The van der Waals surface area contributed by atoms with E-state index in [1.54, 1.807) is 18.2 Å². The number of phenolic OH excluding ortho intramolecular Hbond substituents is 1. The van der Waals surface area contributed by atoms with Crippen molar-refractivity contribution in [2.45, 2.75) is 0 Å². The van der Waals surface area contributed by atoms with Gasteiger partial charge >= 0.3 is 11.8 Å². The molecule has 0 aliphatic rings. The Kier molecular flexibility index (Phi) is 5.76. The molecular weight excluding hydrogens is 382 g/mol. The average Bonchev–Trinajstić information content (AvgIpc) is 2.69. The van der Waals surface area contributed by atoms with Crippen LogP contribution < -0.4 is 15.5 Å². The van der Waals surface area contributed by atoms with Crippen LogP contribution in [0.3, 0.4) is 0 Å². The summed E-state index contributed by atoms with van der Waals surface area (Å²) >= 11 is 5.90. The highest BCUT2D eigenvalue weighted by Crippen LogP contribution is 2.27. The van der Waals surface area contributed by atoms with Gasteiger partial charge in [-0.25, -0.2) is 5.43 Å². The van der Waals surface area contributed by atoms with Crippen LogP contribution in [0.25, 0.3) is 10.8 Å². The molecule has 0 aliphatic carbocycles. The quantitative estimate of drug-likeness (QED) is 0.357. The number of fused-ring (bicyclic) bond motifs is 1. The summed E-state index contributed by atoms with van der Waals surface area (Å²) in [6, 6.07) is 15.3. The molecule has 3 rings (SSSR count). The van der Waals surface area contributed by atoms with E-state index in [0.717, 1.165) is 10.8 Å².